The first kappa shape index (κ1) is 11.5. The lowest BCUT2D eigenvalue weighted by atomic mass is 10.3. The molecule has 0 bridgehead atoms. The average molecular weight is 244 g/mol. The topological polar surface area (TPSA) is 34.1 Å². The highest BCUT2D eigenvalue weighted by Gasteiger charge is 1.98. The lowest BCUT2D eigenvalue weighted by Gasteiger charge is -2.09. The third-order valence-electron chi connectivity index (χ3n) is 2.14. The molecule has 0 aliphatic heterocycles. The number of benzene rings is 1. The van der Waals surface area contributed by atoms with E-state index < -0.39 is 0 Å². The second-order valence-electron chi connectivity index (χ2n) is 3.42. The van der Waals surface area contributed by atoms with Crippen molar-refractivity contribution in [2.45, 2.75) is 6.61 Å². The van der Waals surface area contributed by atoms with Crippen LogP contribution in [0.1, 0.15) is 5.56 Å². The Morgan fingerprint density at radius 3 is 2.53 bits per heavy atom. The van der Waals surface area contributed by atoms with Crippen molar-refractivity contribution >= 4 is 23.1 Å². The van der Waals surface area contributed by atoms with Crippen LogP contribution in [-0.2, 0) is 11.3 Å². The molecule has 2 aromatic rings. The molecule has 1 aromatic heterocycles. The van der Waals surface area contributed by atoms with Gasteiger partial charge in [0, 0.05) is 18.1 Å². The molecule has 3 nitrogen and oxygen atoms in total. The van der Waals surface area contributed by atoms with Crippen LogP contribution in [0.25, 0.3) is 0 Å². The molecule has 17 heavy (non-hydrogen) atoms. The predicted molar refractivity (Wildman–Crippen MR) is 71.7 cm³/mol. The van der Waals surface area contributed by atoms with Gasteiger partial charge >= 0.3 is 0 Å². The summed E-state index contributed by atoms with van der Waals surface area (Å²) >= 11 is 5.09. The molecule has 1 heterocycles. The van der Waals surface area contributed by atoms with Crippen LogP contribution in [0.5, 0.6) is 0 Å². The summed E-state index contributed by atoms with van der Waals surface area (Å²) in [6, 6.07) is 13.5. The molecule has 0 radical (unpaired) electrons. The van der Waals surface area contributed by atoms with Crippen molar-refractivity contribution in [3.63, 3.8) is 0 Å². The Labute approximate surface area is 105 Å². The molecule has 0 aliphatic carbocycles. The third-order valence-corrected chi connectivity index (χ3v) is 2.36. The van der Waals surface area contributed by atoms with E-state index in [0.29, 0.717) is 11.8 Å². The van der Waals surface area contributed by atoms with Gasteiger partial charge < -0.3 is 10.1 Å². The summed E-state index contributed by atoms with van der Waals surface area (Å²) in [5.74, 6) is 0. The Hall–Kier alpha value is -1.94. The van der Waals surface area contributed by atoms with Crippen molar-refractivity contribution in [1.82, 2.24) is 4.98 Å². The number of aromatic nitrogens is 1. The Morgan fingerprint density at radius 1 is 1.12 bits per heavy atom. The number of nitrogens with one attached hydrogen (secondary N) is 1. The fraction of sp³-hybridized carbons (Fsp3) is 0.0769. The summed E-state index contributed by atoms with van der Waals surface area (Å²) in [4.78, 5) is 3.94. The SMILES string of the molecule is S=C(Nc1ccccc1)OCc1ccncc1. The lowest BCUT2D eigenvalue weighted by molar-refractivity contribution is 0.300. The van der Waals surface area contributed by atoms with Gasteiger partial charge in [-0.1, -0.05) is 18.2 Å². The summed E-state index contributed by atoms with van der Waals surface area (Å²) in [5.41, 5.74) is 1.96. The zero-order chi connectivity index (χ0) is 11.9. The summed E-state index contributed by atoms with van der Waals surface area (Å²) in [7, 11) is 0. The molecule has 86 valence electrons. The van der Waals surface area contributed by atoms with Crippen LogP contribution in [0.3, 0.4) is 0 Å². The third kappa shape index (κ3) is 3.85. The van der Waals surface area contributed by atoms with E-state index >= 15 is 0 Å². The van der Waals surface area contributed by atoms with Crippen molar-refractivity contribution in [3.05, 3.63) is 60.4 Å². The van der Waals surface area contributed by atoms with Crippen LogP contribution in [-0.4, -0.2) is 10.2 Å². The molecule has 0 unspecified atom stereocenters. The number of ether oxygens (including phenoxy) is 1. The number of pyridine rings is 1. The average Bonchev–Trinajstić information content (AvgIpc) is 2.39. The molecule has 1 aromatic carbocycles. The Kier molecular flexibility index (Phi) is 4.05. The molecular weight excluding hydrogens is 232 g/mol. The highest BCUT2D eigenvalue weighted by molar-refractivity contribution is 7.80. The fourth-order valence-corrected chi connectivity index (χ4v) is 1.48. The molecule has 1 N–H and O–H groups in total. The standard InChI is InChI=1S/C13H12N2OS/c17-13(15-12-4-2-1-3-5-12)16-10-11-6-8-14-9-7-11/h1-9H,10H2,(H,15,17). The van der Waals surface area contributed by atoms with E-state index in [1.165, 1.54) is 0 Å². The number of hydrogen-bond donors (Lipinski definition) is 1. The maximum Gasteiger partial charge on any atom is 0.261 e. The second kappa shape index (κ2) is 5.96. The van der Waals surface area contributed by atoms with E-state index in [1.807, 2.05) is 42.5 Å². The van der Waals surface area contributed by atoms with Gasteiger partial charge in [0.1, 0.15) is 6.61 Å². The van der Waals surface area contributed by atoms with E-state index in [-0.39, 0.29) is 0 Å². The van der Waals surface area contributed by atoms with Crippen LogP contribution >= 0.6 is 12.2 Å². The van der Waals surface area contributed by atoms with Gasteiger partial charge in [-0.2, -0.15) is 0 Å². The Morgan fingerprint density at radius 2 is 1.82 bits per heavy atom. The number of thiocarbonyl (C=S) groups is 1. The van der Waals surface area contributed by atoms with Crippen LogP contribution in [0.4, 0.5) is 5.69 Å². The summed E-state index contributed by atoms with van der Waals surface area (Å²) in [6.07, 6.45) is 3.46. The summed E-state index contributed by atoms with van der Waals surface area (Å²) in [6.45, 7) is 0.446. The predicted octanol–water partition coefficient (Wildman–Crippen LogP) is 3.00. The number of nitrogens with zero attached hydrogens (tertiary/aromatic N) is 1. The minimum absolute atomic E-state index is 0.369. The lowest BCUT2D eigenvalue weighted by Crippen LogP contribution is -2.12. The van der Waals surface area contributed by atoms with Gasteiger partial charge in [0.25, 0.3) is 5.17 Å². The monoisotopic (exact) mass is 244 g/mol. The van der Waals surface area contributed by atoms with Crippen molar-refractivity contribution in [2.75, 3.05) is 5.32 Å². The Bertz CT molecular complexity index is 473. The maximum atomic E-state index is 5.42. The molecular formula is C13H12N2OS. The molecule has 0 aliphatic rings. The van der Waals surface area contributed by atoms with Crippen LogP contribution in [0, 0.1) is 0 Å². The largest absolute Gasteiger partial charge is 0.466 e. The molecule has 0 saturated carbocycles. The zero-order valence-corrected chi connectivity index (χ0v) is 9.98. The van der Waals surface area contributed by atoms with Gasteiger partial charge in [0.05, 0.1) is 0 Å². The van der Waals surface area contributed by atoms with Crippen LogP contribution in [0.2, 0.25) is 0 Å². The maximum absolute atomic E-state index is 5.42. The minimum Gasteiger partial charge on any atom is -0.466 e. The van der Waals surface area contributed by atoms with E-state index in [1.54, 1.807) is 12.4 Å². The molecule has 0 atom stereocenters. The van der Waals surface area contributed by atoms with Crippen molar-refractivity contribution in [1.29, 1.82) is 0 Å². The first-order valence-electron chi connectivity index (χ1n) is 5.22. The highest BCUT2D eigenvalue weighted by Crippen LogP contribution is 2.06. The number of hydrogen-bond acceptors (Lipinski definition) is 3. The van der Waals surface area contributed by atoms with Gasteiger partial charge in [0.15, 0.2) is 0 Å². The quantitative estimate of drug-likeness (QED) is 0.842. The number of rotatable bonds is 3. The van der Waals surface area contributed by atoms with Gasteiger partial charge in [-0.25, -0.2) is 0 Å². The first-order chi connectivity index (χ1) is 8.34. The minimum atomic E-state index is 0.369. The molecule has 0 fully saturated rings. The smallest absolute Gasteiger partial charge is 0.261 e. The normalized spacial score (nSPS) is 9.65. The number of anilines is 1. The first-order valence-corrected chi connectivity index (χ1v) is 5.63. The van der Waals surface area contributed by atoms with E-state index in [9.17, 15) is 0 Å². The molecule has 4 heteroatoms. The van der Waals surface area contributed by atoms with Crippen LogP contribution < -0.4 is 5.32 Å². The van der Waals surface area contributed by atoms with Crippen molar-refractivity contribution < 1.29 is 4.74 Å². The molecule has 0 amide bonds. The summed E-state index contributed by atoms with van der Waals surface area (Å²) < 4.78 is 5.42. The van der Waals surface area contributed by atoms with E-state index in [4.69, 9.17) is 17.0 Å². The van der Waals surface area contributed by atoms with Gasteiger partial charge in [-0.15, -0.1) is 0 Å². The molecule has 0 spiro atoms. The Balaban J connectivity index is 1.83. The van der Waals surface area contributed by atoms with Gasteiger partial charge in [-0.05, 0) is 42.0 Å². The van der Waals surface area contributed by atoms with Gasteiger partial charge in [0.2, 0.25) is 0 Å². The van der Waals surface area contributed by atoms with Crippen molar-refractivity contribution in [3.8, 4) is 0 Å². The van der Waals surface area contributed by atoms with E-state index in [2.05, 4.69) is 10.3 Å². The second-order valence-corrected chi connectivity index (χ2v) is 3.79. The van der Waals surface area contributed by atoms with Crippen LogP contribution in [0.15, 0.2) is 54.9 Å². The number of para-hydroxylation sites is 1. The molecule has 0 saturated heterocycles. The highest BCUT2D eigenvalue weighted by atomic mass is 32.1. The zero-order valence-electron chi connectivity index (χ0n) is 9.17. The van der Waals surface area contributed by atoms with Gasteiger partial charge in [-0.3, -0.25) is 4.98 Å². The fourth-order valence-electron chi connectivity index (χ4n) is 1.30. The molecule has 2 rings (SSSR count). The van der Waals surface area contributed by atoms with Crippen molar-refractivity contribution in [2.24, 2.45) is 0 Å². The van der Waals surface area contributed by atoms with E-state index in [0.717, 1.165) is 11.3 Å². The summed E-state index contributed by atoms with van der Waals surface area (Å²) in [5, 5.41) is 3.37.